The first-order valence-electron chi connectivity index (χ1n) is 9.81. The molecule has 0 N–H and O–H groups in total. The number of nitrogens with zero attached hydrogens (tertiary/aromatic N) is 4. The van der Waals surface area contributed by atoms with E-state index in [1.807, 2.05) is 0 Å². The highest BCUT2D eigenvalue weighted by atomic mass is 16.4. The number of likely N-dealkylation sites (tertiary alicyclic amines) is 2. The summed E-state index contributed by atoms with van der Waals surface area (Å²) in [6.45, 7) is 12.1. The van der Waals surface area contributed by atoms with Crippen molar-refractivity contribution in [3.63, 3.8) is 0 Å². The Kier molecular flexibility index (Phi) is 5.77. The predicted molar refractivity (Wildman–Crippen MR) is 96.4 cm³/mol. The van der Waals surface area contributed by atoms with Gasteiger partial charge in [-0.1, -0.05) is 20.8 Å². The Morgan fingerprint density at radius 1 is 1.04 bits per heavy atom. The van der Waals surface area contributed by atoms with E-state index in [9.17, 15) is 4.79 Å². The maximum atomic E-state index is 12.8. The maximum absolute atomic E-state index is 12.8. The van der Waals surface area contributed by atoms with E-state index in [1.165, 1.54) is 0 Å². The molecular weight excluding hydrogens is 316 g/mol. The zero-order valence-corrected chi connectivity index (χ0v) is 16.1. The lowest BCUT2D eigenvalue weighted by Crippen LogP contribution is -2.51. The van der Waals surface area contributed by atoms with E-state index in [2.05, 4.69) is 47.7 Å². The fraction of sp³-hybridized carbons (Fsp3) is 0.842. The minimum Gasteiger partial charge on any atom is -0.425 e. The van der Waals surface area contributed by atoms with Crippen molar-refractivity contribution in [1.82, 2.24) is 20.0 Å². The Bertz CT molecular complexity index is 570. The molecule has 3 heterocycles. The number of carbonyl (C=O) groups is 1. The van der Waals surface area contributed by atoms with E-state index in [4.69, 9.17) is 4.42 Å². The number of hydrogen-bond acceptors (Lipinski definition) is 5. The van der Waals surface area contributed by atoms with Crippen LogP contribution in [0.5, 0.6) is 0 Å². The van der Waals surface area contributed by atoms with Gasteiger partial charge in [0.05, 0.1) is 6.04 Å². The molecule has 0 radical (unpaired) electrons. The topological polar surface area (TPSA) is 62.5 Å². The first kappa shape index (κ1) is 18.4. The Hall–Kier alpha value is -1.43. The number of hydrogen-bond donors (Lipinski definition) is 0. The van der Waals surface area contributed by atoms with Gasteiger partial charge in [0.15, 0.2) is 0 Å². The van der Waals surface area contributed by atoms with Crippen LogP contribution in [0.4, 0.5) is 0 Å². The van der Waals surface area contributed by atoms with Crippen molar-refractivity contribution in [1.29, 1.82) is 0 Å². The molecule has 1 aromatic heterocycles. The van der Waals surface area contributed by atoms with Gasteiger partial charge in [-0.2, -0.15) is 0 Å². The molecule has 1 amide bonds. The van der Waals surface area contributed by atoms with Crippen LogP contribution < -0.4 is 0 Å². The highest BCUT2D eigenvalue weighted by molar-refractivity contribution is 5.81. The fourth-order valence-electron chi connectivity index (χ4n) is 3.83. The fourth-order valence-corrected chi connectivity index (χ4v) is 3.83. The van der Waals surface area contributed by atoms with Crippen LogP contribution in [0.3, 0.4) is 0 Å². The summed E-state index contributed by atoms with van der Waals surface area (Å²) in [5.74, 6) is 3.14. The van der Waals surface area contributed by atoms with Crippen molar-refractivity contribution < 1.29 is 9.21 Å². The second-order valence-electron chi connectivity index (χ2n) is 8.13. The standard InChI is InChI=1S/C19H32N4O2/c1-13(2)17-20-21-18(25-17)16-7-11-22(12-8-16)15(4)19(24)23-9-5-14(3)6-10-23/h13-16H,5-12H2,1-4H3. The van der Waals surface area contributed by atoms with Crippen LogP contribution in [-0.2, 0) is 4.79 Å². The van der Waals surface area contributed by atoms with Gasteiger partial charge in [-0.3, -0.25) is 9.69 Å². The summed E-state index contributed by atoms with van der Waals surface area (Å²) in [6, 6.07) is -0.0248. The predicted octanol–water partition coefficient (Wildman–Crippen LogP) is 3.02. The molecule has 3 rings (SSSR count). The molecule has 2 saturated heterocycles. The molecule has 0 saturated carbocycles. The minimum absolute atomic E-state index is 0.0248. The molecule has 1 unspecified atom stereocenters. The molecule has 6 nitrogen and oxygen atoms in total. The van der Waals surface area contributed by atoms with Crippen LogP contribution in [0.1, 0.15) is 77.0 Å². The molecule has 1 atom stereocenters. The maximum Gasteiger partial charge on any atom is 0.239 e. The van der Waals surface area contributed by atoms with Crippen LogP contribution in [-0.4, -0.2) is 58.1 Å². The average molecular weight is 348 g/mol. The van der Waals surface area contributed by atoms with Gasteiger partial charge in [-0.15, -0.1) is 10.2 Å². The highest BCUT2D eigenvalue weighted by Crippen LogP contribution is 2.29. The van der Waals surface area contributed by atoms with E-state index in [0.29, 0.717) is 11.8 Å². The van der Waals surface area contributed by atoms with Gasteiger partial charge in [-0.05, 0) is 51.6 Å². The summed E-state index contributed by atoms with van der Waals surface area (Å²) < 4.78 is 5.82. The van der Waals surface area contributed by atoms with Crippen molar-refractivity contribution in [2.45, 2.75) is 71.3 Å². The molecule has 0 aromatic carbocycles. The summed E-state index contributed by atoms with van der Waals surface area (Å²) in [6.07, 6.45) is 4.23. The number of amides is 1. The molecule has 0 spiro atoms. The zero-order chi connectivity index (χ0) is 18.0. The summed E-state index contributed by atoms with van der Waals surface area (Å²) in [7, 11) is 0. The van der Waals surface area contributed by atoms with Crippen molar-refractivity contribution in [2.24, 2.45) is 5.92 Å². The van der Waals surface area contributed by atoms with E-state index >= 15 is 0 Å². The lowest BCUT2D eigenvalue weighted by Gasteiger charge is -2.38. The summed E-state index contributed by atoms with van der Waals surface area (Å²) in [5.41, 5.74) is 0. The first-order chi connectivity index (χ1) is 12.0. The molecule has 2 fully saturated rings. The smallest absolute Gasteiger partial charge is 0.239 e. The van der Waals surface area contributed by atoms with Crippen LogP contribution in [0.25, 0.3) is 0 Å². The largest absolute Gasteiger partial charge is 0.425 e. The molecule has 0 bridgehead atoms. The van der Waals surface area contributed by atoms with Gasteiger partial charge in [0.2, 0.25) is 17.7 Å². The number of piperidine rings is 2. The summed E-state index contributed by atoms with van der Waals surface area (Å²) in [5, 5.41) is 8.39. The van der Waals surface area contributed by atoms with E-state index in [0.717, 1.165) is 69.6 Å². The van der Waals surface area contributed by atoms with Crippen molar-refractivity contribution in [3.8, 4) is 0 Å². The third-order valence-corrected chi connectivity index (χ3v) is 5.83. The van der Waals surface area contributed by atoms with Gasteiger partial charge in [0.25, 0.3) is 0 Å². The number of rotatable bonds is 4. The minimum atomic E-state index is -0.0248. The molecule has 25 heavy (non-hydrogen) atoms. The van der Waals surface area contributed by atoms with E-state index in [1.54, 1.807) is 0 Å². The second kappa shape index (κ2) is 7.85. The van der Waals surface area contributed by atoms with Crippen molar-refractivity contribution >= 4 is 5.91 Å². The van der Waals surface area contributed by atoms with Crippen LogP contribution >= 0.6 is 0 Å². The average Bonchev–Trinajstić information content (AvgIpc) is 3.12. The van der Waals surface area contributed by atoms with Gasteiger partial charge in [0.1, 0.15) is 0 Å². The summed E-state index contributed by atoms with van der Waals surface area (Å²) in [4.78, 5) is 17.2. The molecule has 2 aliphatic rings. The first-order valence-corrected chi connectivity index (χ1v) is 9.81. The normalized spacial score (nSPS) is 22.5. The monoisotopic (exact) mass is 348 g/mol. The molecule has 140 valence electrons. The van der Waals surface area contributed by atoms with Crippen molar-refractivity contribution in [3.05, 3.63) is 11.8 Å². The lowest BCUT2D eigenvalue weighted by molar-refractivity contribution is -0.138. The summed E-state index contributed by atoms with van der Waals surface area (Å²) >= 11 is 0. The SMILES string of the molecule is CC1CCN(C(=O)C(C)N2CCC(c3nnc(C(C)C)o3)CC2)CC1. The molecular formula is C19H32N4O2. The quantitative estimate of drug-likeness (QED) is 0.837. The van der Waals surface area contributed by atoms with Gasteiger partial charge < -0.3 is 9.32 Å². The highest BCUT2D eigenvalue weighted by Gasteiger charge is 2.32. The molecule has 6 heteroatoms. The lowest BCUT2D eigenvalue weighted by atomic mass is 9.95. The molecule has 1 aromatic rings. The van der Waals surface area contributed by atoms with Crippen LogP contribution in [0, 0.1) is 5.92 Å². The Morgan fingerprint density at radius 2 is 1.68 bits per heavy atom. The van der Waals surface area contributed by atoms with Gasteiger partial charge in [-0.25, -0.2) is 0 Å². The Labute approximate surface area is 151 Å². The third kappa shape index (κ3) is 4.22. The van der Waals surface area contributed by atoms with Crippen molar-refractivity contribution in [2.75, 3.05) is 26.2 Å². The molecule has 2 aliphatic heterocycles. The Balaban J connectivity index is 1.51. The third-order valence-electron chi connectivity index (χ3n) is 5.83. The second-order valence-corrected chi connectivity index (χ2v) is 8.13. The number of aromatic nitrogens is 2. The van der Waals surface area contributed by atoms with Crippen LogP contribution in [0.2, 0.25) is 0 Å². The zero-order valence-electron chi connectivity index (χ0n) is 16.1. The van der Waals surface area contributed by atoms with Gasteiger partial charge in [0, 0.05) is 24.9 Å². The van der Waals surface area contributed by atoms with Crippen LogP contribution in [0.15, 0.2) is 4.42 Å². The Morgan fingerprint density at radius 3 is 2.24 bits per heavy atom. The van der Waals surface area contributed by atoms with Gasteiger partial charge >= 0.3 is 0 Å². The molecule has 0 aliphatic carbocycles. The van der Waals surface area contributed by atoms with E-state index in [-0.39, 0.29) is 12.0 Å². The number of carbonyl (C=O) groups excluding carboxylic acids is 1. The van der Waals surface area contributed by atoms with E-state index < -0.39 is 0 Å².